The molecule has 3 aromatic heterocycles. The van der Waals surface area contributed by atoms with Crippen molar-refractivity contribution in [2.45, 2.75) is 13.0 Å². The summed E-state index contributed by atoms with van der Waals surface area (Å²) in [6.07, 6.45) is 3.11. The fourth-order valence-corrected chi connectivity index (χ4v) is 2.70. The Morgan fingerprint density at radius 2 is 1.91 bits per heavy atom. The molecule has 0 amide bonds. The molecule has 0 spiro atoms. The number of nitrogens with zero attached hydrogens (tertiary/aromatic N) is 6. The largest absolute Gasteiger partial charge is 0.306 e. The lowest BCUT2D eigenvalue weighted by Gasteiger charge is -2.16. The molecule has 1 unspecified atom stereocenters. The summed E-state index contributed by atoms with van der Waals surface area (Å²) in [5, 5.41) is 12.7. The molecule has 3 heterocycles. The van der Waals surface area contributed by atoms with E-state index in [4.69, 9.17) is 11.6 Å². The van der Waals surface area contributed by atoms with Crippen LogP contribution in [-0.2, 0) is 0 Å². The first-order chi connectivity index (χ1) is 11.1. The first kappa shape index (κ1) is 13.8. The van der Waals surface area contributed by atoms with Crippen LogP contribution < -0.4 is 5.56 Å². The Balaban J connectivity index is 1.90. The second-order valence-electron chi connectivity index (χ2n) is 5.16. The van der Waals surface area contributed by atoms with Gasteiger partial charge in [-0.05, 0) is 30.7 Å². The Kier molecular flexibility index (Phi) is 3.09. The van der Waals surface area contributed by atoms with Crippen LogP contribution in [0, 0.1) is 0 Å². The number of fused-ring (bicyclic) bond motifs is 3. The molecular formula is C15H11ClN6O. The summed E-state index contributed by atoms with van der Waals surface area (Å²) in [7, 11) is 0. The molecule has 23 heavy (non-hydrogen) atoms. The standard InChI is InChI=1S/C15H11ClN6O/c1-9(10-2-4-11(16)5-3-10)21-7-6-12-13(14(21)23)19-20-15-17-8-18-22(12)15/h2-9H,1H3. The van der Waals surface area contributed by atoms with E-state index < -0.39 is 0 Å². The van der Waals surface area contributed by atoms with Crippen molar-refractivity contribution in [3.63, 3.8) is 0 Å². The molecule has 0 fully saturated rings. The lowest BCUT2D eigenvalue weighted by Crippen LogP contribution is -2.25. The number of rotatable bonds is 2. The minimum absolute atomic E-state index is 0.155. The molecule has 4 rings (SSSR count). The lowest BCUT2D eigenvalue weighted by atomic mass is 10.1. The van der Waals surface area contributed by atoms with Gasteiger partial charge in [0.25, 0.3) is 11.3 Å². The first-order valence-corrected chi connectivity index (χ1v) is 7.35. The Morgan fingerprint density at radius 1 is 1.13 bits per heavy atom. The van der Waals surface area contributed by atoms with E-state index in [1.165, 1.54) is 10.8 Å². The van der Waals surface area contributed by atoms with Crippen molar-refractivity contribution in [1.82, 2.24) is 29.4 Å². The number of halogens is 1. The zero-order valence-electron chi connectivity index (χ0n) is 12.1. The van der Waals surface area contributed by atoms with Crippen LogP contribution in [0.5, 0.6) is 0 Å². The maximum atomic E-state index is 12.7. The maximum absolute atomic E-state index is 12.7. The summed E-state index contributed by atoms with van der Waals surface area (Å²) in [5.74, 6) is 0.361. The average molecular weight is 327 g/mol. The van der Waals surface area contributed by atoms with E-state index in [9.17, 15) is 4.79 Å². The Hall–Kier alpha value is -2.80. The number of pyridine rings is 1. The monoisotopic (exact) mass is 326 g/mol. The van der Waals surface area contributed by atoms with Crippen LogP contribution >= 0.6 is 11.6 Å². The van der Waals surface area contributed by atoms with E-state index in [1.54, 1.807) is 29.0 Å². The van der Waals surface area contributed by atoms with Crippen LogP contribution in [0.25, 0.3) is 16.8 Å². The van der Waals surface area contributed by atoms with Gasteiger partial charge in [-0.2, -0.15) is 14.6 Å². The SMILES string of the molecule is CC(c1ccc(Cl)cc1)n1ccc2c(nnc3ncnn32)c1=O. The van der Waals surface area contributed by atoms with Crippen LogP contribution in [0.4, 0.5) is 0 Å². The molecule has 0 bridgehead atoms. The molecule has 0 aliphatic heterocycles. The second kappa shape index (κ2) is 5.13. The third kappa shape index (κ3) is 2.17. The predicted octanol–water partition coefficient (Wildman–Crippen LogP) is 2.10. The molecule has 4 aromatic rings. The quantitative estimate of drug-likeness (QED) is 0.563. The fourth-order valence-electron chi connectivity index (χ4n) is 2.57. The summed E-state index contributed by atoms with van der Waals surface area (Å²) in [6, 6.07) is 9.04. The predicted molar refractivity (Wildman–Crippen MR) is 85.6 cm³/mol. The maximum Gasteiger partial charge on any atom is 0.281 e. The molecule has 1 atom stereocenters. The molecule has 1 aromatic carbocycles. The van der Waals surface area contributed by atoms with Crippen molar-refractivity contribution >= 4 is 28.4 Å². The summed E-state index contributed by atoms with van der Waals surface area (Å²) < 4.78 is 3.12. The van der Waals surface area contributed by atoms with Gasteiger partial charge in [0.2, 0.25) is 0 Å². The van der Waals surface area contributed by atoms with Crippen LogP contribution in [0.3, 0.4) is 0 Å². The normalized spacial score (nSPS) is 12.8. The highest BCUT2D eigenvalue weighted by Crippen LogP contribution is 2.19. The molecule has 0 saturated heterocycles. The van der Waals surface area contributed by atoms with Crippen molar-refractivity contribution in [1.29, 1.82) is 0 Å². The molecule has 0 radical (unpaired) electrons. The molecule has 7 nitrogen and oxygen atoms in total. The van der Waals surface area contributed by atoms with E-state index in [1.807, 2.05) is 19.1 Å². The average Bonchev–Trinajstić information content (AvgIpc) is 3.04. The van der Waals surface area contributed by atoms with E-state index >= 15 is 0 Å². The van der Waals surface area contributed by atoms with Crippen LogP contribution in [0.2, 0.25) is 5.02 Å². The number of benzene rings is 1. The van der Waals surface area contributed by atoms with Gasteiger partial charge in [-0.15, -0.1) is 10.2 Å². The van der Waals surface area contributed by atoms with Gasteiger partial charge >= 0.3 is 0 Å². The molecule has 8 heteroatoms. The highest BCUT2D eigenvalue weighted by Gasteiger charge is 2.14. The highest BCUT2D eigenvalue weighted by atomic mass is 35.5. The van der Waals surface area contributed by atoms with Gasteiger partial charge in [0, 0.05) is 11.2 Å². The molecule has 0 N–H and O–H groups in total. The second-order valence-corrected chi connectivity index (χ2v) is 5.60. The number of aromatic nitrogens is 6. The zero-order chi connectivity index (χ0) is 16.0. The molecule has 0 aliphatic carbocycles. The van der Waals surface area contributed by atoms with Gasteiger partial charge in [-0.3, -0.25) is 4.79 Å². The molecule has 114 valence electrons. The smallest absolute Gasteiger partial charge is 0.281 e. The summed E-state index contributed by atoms with van der Waals surface area (Å²) >= 11 is 5.91. The van der Waals surface area contributed by atoms with Crippen molar-refractivity contribution in [2.24, 2.45) is 0 Å². The lowest BCUT2D eigenvalue weighted by molar-refractivity contribution is 0.617. The van der Waals surface area contributed by atoms with Crippen molar-refractivity contribution in [3.05, 3.63) is 63.8 Å². The summed E-state index contributed by atoms with van der Waals surface area (Å²) in [5.41, 5.74) is 1.59. The fraction of sp³-hybridized carbons (Fsp3) is 0.133. The molecular weight excluding hydrogens is 316 g/mol. The van der Waals surface area contributed by atoms with E-state index in [0.717, 1.165) is 5.56 Å². The first-order valence-electron chi connectivity index (χ1n) is 6.98. The third-order valence-electron chi connectivity index (χ3n) is 3.84. The van der Waals surface area contributed by atoms with Crippen molar-refractivity contribution in [2.75, 3.05) is 0 Å². The van der Waals surface area contributed by atoms with Gasteiger partial charge in [0.1, 0.15) is 11.8 Å². The van der Waals surface area contributed by atoms with E-state index in [-0.39, 0.29) is 17.1 Å². The molecule has 0 saturated carbocycles. The van der Waals surface area contributed by atoms with Gasteiger partial charge in [-0.25, -0.2) is 0 Å². The third-order valence-corrected chi connectivity index (χ3v) is 4.09. The Labute approximate surface area is 135 Å². The Bertz CT molecular complexity index is 1070. The summed E-state index contributed by atoms with van der Waals surface area (Å²) in [4.78, 5) is 16.7. The zero-order valence-corrected chi connectivity index (χ0v) is 12.8. The van der Waals surface area contributed by atoms with E-state index in [0.29, 0.717) is 16.3 Å². The topological polar surface area (TPSA) is 78.0 Å². The van der Waals surface area contributed by atoms with E-state index in [2.05, 4.69) is 20.3 Å². The minimum Gasteiger partial charge on any atom is -0.306 e. The number of hydrogen-bond acceptors (Lipinski definition) is 5. The number of hydrogen-bond donors (Lipinski definition) is 0. The summed E-state index contributed by atoms with van der Waals surface area (Å²) in [6.45, 7) is 1.94. The van der Waals surface area contributed by atoms with Crippen LogP contribution in [0.15, 0.2) is 47.7 Å². The Morgan fingerprint density at radius 3 is 2.70 bits per heavy atom. The highest BCUT2D eigenvalue weighted by molar-refractivity contribution is 6.30. The minimum atomic E-state index is -0.227. The van der Waals surface area contributed by atoms with Gasteiger partial charge in [0.05, 0.1) is 6.04 Å². The van der Waals surface area contributed by atoms with Gasteiger partial charge in [-0.1, -0.05) is 23.7 Å². The van der Waals surface area contributed by atoms with Crippen molar-refractivity contribution in [3.8, 4) is 0 Å². The van der Waals surface area contributed by atoms with Crippen molar-refractivity contribution < 1.29 is 0 Å². The van der Waals surface area contributed by atoms with Gasteiger partial charge in [0.15, 0.2) is 5.52 Å². The van der Waals surface area contributed by atoms with Crippen LogP contribution in [0.1, 0.15) is 18.5 Å². The molecule has 0 aliphatic rings. The van der Waals surface area contributed by atoms with Gasteiger partial charge < -0.3 is 4.57 Å². The van der Waals surface area contributed by atoms with Crippen LogP contribution in [-0.4, -0.2) is 29.4 Å².